The topological polar surface area (TPSA) is 60.4 Å². The molecule has 6 nitrogen and oxygen atoms in total. The van der Waals surface area contributed by atoms with E-state index in [1.807, 2.05) is 4.90 Å². The molecule has 2 fully saturated rings. The largest absolute Gasteiger partial charge is 0.463 e. The maximum Gasteiger partial charge on any atom is 0.322 e. The number of rotatable bonds is 4. The highest BCUT2D eigenvalue weighted by Gasteiger charge is 2.18. The van der Waals surface area contributed by atoms with Crippen molar-refractivity contribution in [1.29, 1.82) is 0 Å². The summed E-state index contributed by atoms with van der Waals surface area (Å²) < 4.78 is 11.1. The molecule has 0 atom stereocenters. The Hall–Kier alpha value is -1.14. The summed E-state index contributed by atoms with van der Waals surface area (Å²) in [7, 11) is 0. The Morgan fingerprint density at radius 2 is 1.86 bits per heavy atom. The van der Waals surface area contributed by atoms with Crippen LogP contribution >= 0.6 is 11.6 Å². The van der Waals surface area contributed by atoms with E-state index < -0.39 is 0 Å². The average Bonchev–Trinajstić information content (AvgIpc) is 2.54. The molecule has 7 heteroatoms. The first kappa shape index (κ1) is 14.8. The Bertz CT molecular complexity index is 462. The maximum atomic E-state index is 5.99. The van der Waals surface area contributed by atoms with Crippen molar-refractivity contribution in [3.8, 4) is 6.01 Å². The SMILES string of the molecule is Clc1nc(OCC2CCCCC2)nc(N2CCOCC2)n1. The summed E-state index contributed by atoms with van der Waals surface area (Å²) in [5.74, 6) is 1.19. The van der Waals surface area contributed by atoms with Crippen molar-refractivity contribution in [2.24, 2.45) is 5.92 Å². The second-order valence-corrected chi connectivity index (χ2v) is 5.94. The summed E-state index contributed by atoms with van der Waals surface area (Å²) >= 11 is 5.99. The lowest BCUT2D eigenvalue weighted by Gasteiger charge is -2.27. The molecular formula is C14H21ClN4O2. The van der Waals surface area contributed by atoms with Crippen molar-refractivity contribution in [2.45, 2.75) is 32.1 Å². The highest BCUT2D eigenvalue weighted by Crippen LogP contribution is 2.24. The van der Waals surface area contributed by atoms with Crippen LogP contribution in [0, 0.1) is 5.92 Å². The molecule has 0 bridgehead atoms. The third-order valence-electron chi connectivity index (χ3n) is 4.04. The van der Waals surface area contributed by atoms with Gasteiger partial charge in [0.05, 0.1) is 19.8 Å². The lowest BCUT2D eigenvalue weighted by Crippen LogP contribution is -2.37. The van der Waals surface area contributed by atoms with E-state index in [1.165, 1.54) is 32.1 Å². The van der Waals surface area contributed by atoms with Crippen LogP contribution in [0.4, 0.5) is 5.95 Å². The number of hydrogen-bond donors (Lipinski definition) is 0. The molecule has 0 spiro atoms. The minimum atomic E-state index is 0.185. The molecule has 2 heterocycles. The van der Waals surface area contributed by atoms with Crippen molar-refractivity contribution < 1.29 is 9.47 Å². The first-order valence-corrected chi connectivity index (χ1v) is 8.06. The van der Waals surface area contributed by atoms with Crippen LogP contribution in [0.1, 0.15) is 32.1 Å². The van der Waals surface area contributed by atoms with E-state index in [1.54, 1.807) is 0 Å². The summed E-state index contributed by atoms with van der Waals surface area (Å²) in [6, 6.07) is 0.335. The fraction of sp³-hybridized carbons (Fsp3) is 0.786. The van der Waals surface area contributed by atoms with Gasteiger partial charge in [-0.1, -0.05) is 19.3 Å². The fourth-order valence-electron chi connectivity index (χ4n) is 2.84. The van der Waals surface area contributed by atoms with Crippen LogP contribution in [-0.4, -0.2) is 47.9 Å². The quantitative estimate of drug-likeness (QED) is 0.850. The normalized spacial score (nSPS) is 20.5. The van der Waals surface area contributed by atoms with Gasteiger partial charge in [-0.05, 0) is 30.4 Å². The molecule has 0 radical (unpaired) electrons. The van der Waals surface area contributed by atoms with Gasteiger partial charge < -0.3 is 14.4 Å². The van der Waals surface area contributed by atoms with Crippen LogP contribution in [-0.2, 0) is 4.74 Å². The fourth-order valence-corrected chi connectivity index (χ4v) is 2.99. The van der Waals surface area contributed by atoms with Gasteiger partial charge in [0.25, 0.3) is 0 Å². The average molecular weight is 313 g/mol. The molecular weight excluding hydrogens is 292 g/mol. The molecule has 1 aliphatic carbocycles. The predicted molar refractivity (Wildman–Crippen MR) is 79.9 cm³/mol. The van der Waals surface area contributed by atoms with Gasteiger partial charge in [-0.2, -0.15) is 15.0 Å². The van der Waals surface area contributed by atoms with Gasteiger partial charge in [0, 0.05) is 13.1 Å². The second-order valence-electron chi connectivity index (χ2n) is 5.60. The van der Waals surface area contributed by atoms with E-state index in [0.717, 1.165) is 13.1 Å². The first-order valence-electron chi connectivity index (χ1n) is 7.68. The Kier molecular flexibility index (Phi) is 5.08. The standard InChI is InChI=1S/C14H21ClN4O2/c15-12-16-13(19-6-8-20-9-7-19)18-14(17-12)21-10-11-4-2-1-3-5-11/h11H,1-10H2. The summed E-state index contributed by atoms with van der Waals surface area (Å²) in [4.78, 5) is 14.7. The smallest absolute Gasteiger partial charge is 0.322 e. The minimum Gasteiger partial charge on any atom is -0.463 e. The van der Waals surface area contributed by atoms with Gasteiger partial charge in [0.1, 0.15) is 0 Å². The van der Waals surface area contributed by atoms with E-state index in [0.29, 0.717) is 37.7 Å². The third-order valence-corrected chi connectivity index (χ3v) is 4.21. The Morgan fingerprint density at radius 3 is 2.62 bits per heavy atom. The minimum absolute atomic E-state index is 0.185. The van der Waals surface area contributed by atoms with Gasteiger partial charge in [-0.25, -0.2) is 0 Å². The van der Waals surface area contributed by atoms with Gasteiger partial charge in [0.2, 0.25) is 11.2 Å². The maximum absolute atomic E-state index is 5.99. The molecule has 3 rings (SSSR count). The van der Waals surface area contributed by atoms with E-state index in [9.17, 15) is 0 Å². The highest BCUT2D eigenvalue weighted by atomic mass is 35.5. The van der Waals surface area contributed by atoms with Gasteiger partial charge in [0.15, 0.2) is 0 Å². The van der Waals surface area contributed by atoms with E-state index in [-0.39, 0.29) is 5.28 Å². The molecule has 1 aromatic heterocycles. The van der Waals surface area contributed by atoms with Crippen molar-refractivity contribution >= 4 is 17.5 Å². The molecule has 0 unspecified atom stereocenters. The van der Waals surface area contributed by atoms with Crippen LogP contribution in [0.15, 0.2) is 0 Å². The van der Waals surface area contributed by atoms with E-state index in [2.05, 4.69) is 15.0 Å². The van der Waals surface area contributed by atoms with Gasteiger partial charge in [-0.15, -0.1) is 0 Å². The number of hydrogen-bond acceptors (Lipinski definition) is 6. The van der Waals surface area contributed by atoms with Crippen LogP contribution in [0.5, 0.6) is 6.01 Å². The summed E-state index contributed by atoms with van der Waals surface area (Å²) in [6.07, 6.45) is 6.40. The Labute approximate surface area is 129 Å². The molecule has 2 aliphatic rings. The monoisotopic (exact) mass is 312 g/mol. The molecule has 21 heavy (non-hydrogen) atoms. The van der Waals surface area contributed by atoms with Crippen LogP contribution in [0.2, 0.25) is 5.28 Å². The number of morpholine rings is 1. The summed E-state index contributed by atoms with van der Waals surface area (Å²) in [6.45, 7) is 3.57. The molecule has 1 aliphatic heterocycles. The summed E-state index contributed by atoms with van der Waals surface area (Å²) in [5.41, 5.74) is 0. The lowest BCUT2D eigenvalue weighted by atomic mass is 9.90. The Morgan fingerprint density at radius 1 is 1.10 bits per heavy atom. The van der Waals surface area contributed by atoms with E-state index in [4.69, 9.17) is 21.1 Å². The predicted octanol–water partition coefficient (Wildman–Crippen LogP) is 2.32. The number of ether oxygens (including phenoxy) is 2. The van der Waals surface area contributed by atoms with Crippen LogP contribution < -0.4 is 9.64 Å². The van der Waals surface area contributed by atoms with Crippen molar-refractivity contribution in [3.63, 3.8) is 0 Å². The second kappa shape index (κ2) is 7.22. The zero-order chi connectivity index (χ0) is 14.5. The zero-order valence-corrected chi connectivity index (χ0v) is 12.9. The van der Waals surface area contributed by atoms with Crippen molar-refractivity contribution in [2.75, 3.05) is 37.8 Å². The Balaban J connectivity index is 1.62. The van der Waals surface area contributed by atoms with Crippen LogP contribution in [0.25, 0.3) is 0 Å². The highest BCUT2D eigenvalue weighted by molar-refractivity contribution is 6.28. The van der Waals surface area contributed by atoms with Crippen LogP contribution in [0.3, 0.4) is 0 Å². The molecule has 0 aromatic carbocycles. The molecule has 1 saturated carbocycles. The lowest BCUT2D eigenvalue weighted by molar-refractivity contribution is 0.121. The third kappa shape index (κ3) is 4.17. The van der Waals surface area contributed by atoms with E-state index >= 15 is 0 Å². The molecule has 0 N–H and O–H groups in total. The van der Waals surface area contributed by atoms with Crippen molar-refractivity contribution in [1.82, 2.24) is 15.0 Å². The van der Waals surface area contributed by atoms with Crippen molar-refractivity contribution in [3.05, 3.63) is 5.28 Å². The first-order chi connectivity index (χ1) is 10.3. The molecule has 116 valence electrons. The zero-order valence-electron chi connectivity index (χ0n) is 12.1. The number of anilines is 1. The molecule has 0 amide bonds. The molecule has 1 aromatic rings. The van der Waals surface area contributed by atoms with Gasteiger partial charge >= 0.3 is 6.01 Å². The number of aromatic nitrogens is 3. The van der Waals surface area contributed by atoms with Gasteiger partial charge in [-0.3, -0.25) is 0 Å². The summed E-state index contributed by atoms with van der Waals surface area (Å²) in [5, 5.41) is 0.185. The molecule has 1 saturated heterocycles. The number of nitrogens with zero attached hydrogens (tertiary/aromatic N) is 4. The number of halogens is 1.